The lowest BCUT2D eigenvalue weighted by molar-refractivity contribution is 0.101. The van der Waals surface area contributed by atoms with Crippen molar-refractivity contribution in [1.29, 1.82) is 0 Å². The molecule has 0 aliphatic heterocycles. The molecule has 2 aromatic carbocycles. The van der Waals surface area contributed by atoms with Crippen LogP contribution < -0.4 is 10.0 Å². The van der Waals surface area contributed by atoms with E-state index >= 15 is 0 Å². The first-order chi connectivity index (χ1) is 13.8. The molecule has 0 fully saturated rings. The fourth-order valence-corrected chi connectivity index (χ4v) is 4.02. The smallest absolute Gasteiger partial charge is 0.286 e. The fraction of sp³-hybridized carbons (Fsp3) is 0.111. The Kier molecular flexibility index (Phi) is 6.11. The van der Waals surface area contributed by atoms with Gasteiger partial charge in [0.15, 0.2) is 5.78 Å². The lowest BCUT2D eigenvalue weighted by Crippen LogP contribution is -2.23. The van der Waals surface area contributed by atoms with Crippen LogP contribution in [0.15, 0.2) is 53.4 Å². The second-order valence-corrected chi connectivity index (χ2v) is 8.67. The highest BCUT2D eigenvalue weighted by atomic mass is 32.2. The summed E-state index contributed by atoms with van der Waals surface area (Å²) in [5, 5.41) is 10.1. The number of Topliss-reactive ketones (excluding diaryl/α,β-unsaturated/α-hetero) is 1. The van der Waals surface area contributed by atoms with Crippen molar-refractivity contribution in [1.82, 2.24) is 14.9 Å². The van der Waals surface area contributed by atoms with Crippen molar-refractivity contribution in [2.24, 2.45) is 0 Å². The molecule has 8 nitrogen and oxygen atoms in total. The van der Waals surface area contributed by atoms with Crippen LogP contribution in [0.2, 0.25) is 0 Å². The largest absolute Gasteiger partial charge is 0.317 e. The Balaban J connectivity index is 1.64. The average molecular weight is 434 g/mol. The van der Waals surface area contributed by atoms with E-state index in [1.807, 2.05) is 0 Å². The number of halogens is 1. The van der Waals surface area contributed by atoms with Crippen LogP contribution in [0.4, 0.5) is 10.1 Å². The molecule has 0 aliphatic carbocycles. The highest BCUT2D eigenvalue weighted by Gasteiger charge is 2.18. The molecule has 2 N–H and O–H groups in total. The highest BCUT2D eigenvalue weighted by Crippen LogP contribution is 2.17. The van der Waals surface area contributed by atoms with Gasteiger partial charge in [-0.3, -0.25) is 9.59 Å². The predicted octanol–water partition coefficient (Wildman–Crippen LogP) is 2.61. The molecule has 1 aromatic heterocycles. The summed E-state index contributed by atoms with van der Waals surface area (Å²) >= 11 is 0.880. The van der Waals surface area contributed by atoms with Gasteiger partial charge in [-0.05, 0) is 31.2 Å². The zero-order chi connectivity index (χ0) is 21.0. The van der Waals surface area contributed by atoms with Gasteiger partial charge < -0.3 is 5.32 Å². The molecule has 0 aliphatic rings. The SMILES string of the molecule is CC(=O)c1ccc(S(=O)(=O)NCc2nnc(C(=O)Nc3ccccc3F)s2)cc1. The van der Waals surface area contributed by atoms with E-state index in [2.05, 4.69) is 20.2 Å². The first kappa shape index (κ1) is 20.7. The summed E-state index contributed by atoms with van der Waals surface area (Å²) in [4.78, 5) is 23.4. The zero-order valence-electron chi connectivity index (χ0n) is 15.0. The summed E-state index contributed by atoms with van der Waals surface area (Å²) in [6.45, 7) is 1.21. The van der Waals surface area contributed by atoms with E-state index in [-0.39, 0.29) is 32.9 Å². The van der Waals surface area contributed by atoms with Gasteiger partial charge in [-0.25, -0.2) is 17.5 Å². The molecule has 11 heteroatoms. The number of para-hydroxylation sites is 1. The molecule has 29 heavy (non-hydrogen) atoms. The molecule has 0 radical (unpaired) electrons. The molecular formula is C18H15FN4O4S2. The third-order valence-electron chi connectivity index (χ3n) is 3.77. The van der Waals surface area contributed by atoms with Crippen LogP contribution in [0.5, 0.6) is 0 Å². The van der Waals surface area contributed by atoms with E-state index in [4.69, 9.17) is 0 Å². The third-order valence-corrected chi connectivity index (χ3v) is 6.11. The summed E-state index contributed by atoms with van der Waals surface area (Å²) in [6.07, 6.45) is 0. The summed E-state index contributed by atoms with van der Waals surface area (Å²) in [6, 6.07) is 11.2. The predicted molar refractivity (Wildman–Crippen MR) is 105 cm³/mol. The number of aromatic nitrogens is 2. The molecule has 1 heterocycles. The molecule has 0 bridgehead atoms. The number of ketones is 1. The van der Waals surface area contributed by atoms with E-state index < -0.39 is 21.7 Å². The Morgan fingerprint density at radius 2 is 1.76 bits per heavy atom. The molecule has 0 spiro atoms. The van der Waals surface area contributed by atoms with E-state index in [1.54, 1.807) is 6.07 Å². The lowest BCUT2D eigenvalue weighted by Gasteiger charge is -2.05. The van der Waals surface area contributed by atoms with Crippen LogP contribution in [0, 0.1) is 5.82 Å². The van der Waals surface area contributed by atoms with E-state index in [1.165, 1.54) is 49.4 Å². The van der Waals surface area contributed by atoms with E-state index in [0.29, 0.717) is 5.56 Å². The maximum absolute atomic E-state index is 13.6. The molecule has 0 unspecified atom stereocenters. The van der Waals surface area contributed by atoms with E-state index in [0.717, 1.165) is 11.3 Å². The number of carbonyl (C=O) groups is 2. The van der Waals surface area contributed by atoms with Crippen molar-refractivity contribution in [2.45, 2.75) is 18.4 Å². The Morgan fingerprint density at radius 1 is 1.07 bits per heavy atom. The maximum Gasteiger partial charge on any atom is 0.286 e. The van der Waals surface area contributed by atoms with Gasteiger partial charge in [0.1, 0.15) is 10.8 Å². The fourth-order valence-electron chi connectivity index (χ4n) is 2.26. The Morgan fingerprint density at radius 3 is 2.41 bits per heavy atom. The topological polar surface area (TPSA) is 118 Å². The number of sulfonamides is 1. The highest BCUT2D eigenvalue weighted by molar-refractivity contribution is 7.89. The van der Waals surface area contributed by atoms with Crippen LogP contribution in [0.3, 0.4) is 0 Å². The Labute approximate surface area is 169 Å². The number of nitrogens with zero attached hydrogens (tertiary/aromatic N) is 2. The van der Waals surface area contributed by atoms with Crippen LogP contribution in [0.25, 0.3) is 0 Å². The summed E-state index contributed by atoms with van der Waals surface area (Å²) in [5.74, 6) is -1.41. The number of nitrogens with one attached hydrogen (secondary N) is 2. The number of amides is 1. The van der Waals surface area contributed by atoms with Gasteiger partial charge in [0.05, 0.1) is 17.1 Å². The second-order valence-electron chi connectivity index (χ2n) is 5.84. The van der Waals surface area contributed by atoms with Crippen molar-refractivity contribution in [3.63, 3.8) is 0 Å². The van der Waals surface area contributed by atoms with Crippen LogP contribution >= 0.6 is 11.3 Å². The van der Waals surface area contributed by atoms with Gasteiger partial charge in [-0.15, -0.1) is 10.2 Å². The average Bonchev–Trinajstić information content (AvgIpc) is 3.18. The maximum atomic E-state index is 13.6. The monoisotopic (exact) mass is 434 g/mol. The third kappa shape index (κ3) is 5.08. The van der Waals surface area contributed by atoms with Crippen LogP contribution in [-0.2, 0) is 16.6 Å². The van der Waals surface area contributed by atoms with Gasteiger partial charge in [0.25, 0.3) is 5.91 Å². The minimum Gasteiger partial charge on any atom is -0.317 e. The number of benzene rings is 2. The van der Waals surface area contributed by atoms with Gasteiger partial charge in [-0.1, -0.05) is 35.6 Å². The van der Waals surface area contributed by atoms with Crippen molar-refractivity contribution in [3.05, 3.63) is 69.9 Å². The quantitative estimate of drug-likeness (QED) is 0.552. The summed E-state index contributed by atoms with van der Waals surface area (Å²) < 4.78 is 40.7. The second kappa shape index (κ2) is 8.55. The minimum atomic E-state index is -3.84. The van der Waals surface area contributed by atoms with Crippen LogP contribution in [-0.4, -0.2) is 30.3 Å². The molecule has 3 rings (SSSR count). The molecule has 0 atom stereocenters. The molecule has 1 amide bonds. The van der Waals surface area contributed by atoms with Crippen molar-refractivity contribution in [3.8, 4) is 0 Å². The normalized spacial score (nSPS) is 11.2. The standard InChI is InChI=1S/C18H15FN4O4S2/c1-11(24)12-6-8-13(9-7-12)29(26,27)20-10-16-22-23-18(28-16)17(25)21-15-5-3-2-4-14(15)19/h2-9,20H,10H2,1H3,(H,21,25). The van der Waals surface area contributed by atoms with Crippen molar-refractivity contribution >= 4 is 38.7 Å². The molecule has 3 aromatic rings. The minimum absolute atomic E-state index is 0.00367. The van der Waals surface area contributed by atoms with Crippen molar-refractivity contribution < 1.29 is 22.4 Å². The van der Waals surface area contributed by atoms with Crippen molar-refractivity contribution in [2.75, 3.05) is 5.32 Å². The number of carbonyl (C=O) groups excluding carboxylic acids is 2. The Bertz CT molecular complexity index is 1160. The first-order valence-electron chi connectivity index (χ1n) is 8.25. The molecule has 150 valence electrons. The Hall–Kier alpha value is -3.02. The molecule has 0 saturated carbocycles. The van der Waals surface area contributed by atoms with E-state index in [9.17, 15) is 22.4 Å². The number of hydrogen-bond acceptors (Lipinski definition) is 7. The summed E-state index contributed by atoms with van der Waals surface area (Å²) in [5.41, 5.74) is 0.405. The number of hydrogen-bond donors (Lipinski definition) is 2. The van der Waals surface area contributed by atoms with Gasteiger partial charge >= 0.3 is 0 Å². The number of anilines is 1. The molecule has 0 saturated heterocycles. The van der Waals surface area contributed by atoms with Crippen LogP contribution in [0.1, 0.15) is 32.1 Å². The van der Waals surface area contributed by atoms with Gasteiger partial charge in [0, 0.05) is 5.56 Å². The van der Waals surface area contributed by atoms with Gasteiger partial charge in [-0.2, -0.15) is 0 Å². The van der Waals surface area contributed by atoms with Gasteiger partial charge in [0.2, 0.25) is 15.0 Å². The molecular weight excluding hydrogens is 419 g/mol. The zero-order valence-corrected chi connectivity index (χ0v) is 16.7. The number of rotatable bonds is 7. The first-order valence-corrected chi connectivity index (χ1v) is 10.5. The summed E-state index contributed by atoms with van der Waals surface area (Å²) in [7, 11) is -3.84. The lowest BCUT2D eigenvalue weighted by atomic mass is 10.2.